The van der Waals surface area contributed by atoms with Crippen molar-refractivity contribution < 1.29 is 24.5 Å². The van der Waals surface area contributed by atoms with Gasteiger partial charge in [-0.25, -0.2) is 4.98 Å². The Labute approximate surface area is 184 Å². The van der Waals surface area contributed by atoms with Crippen molar-refractivity contribution in [2.75, 3.05) is 17.2 Å². The van der Waals surface area contributed by atoms with Gasteiger partial charge in [0.05, 0.1) is 18.8 Å². The molecule has 32 heavy (non-hydrogen) atoms. The van der Waals surface area contributed by atoms with Gasteiger partial charge >= 0.3 is 0 Å². The Balaban J connectivity index is 1.62. The van der Waals surface area contributed by atoms with Crippen LogP contribution in [0.4, 0.5) is 11.8 Å². The van der Waals surface area contributed by atoms with Crippen molar-refractivity contribution in [1.29, 1.82) is 0 Å². The lowest BCUT2D eigenvalue weighted by molar-refractivity contribution is -0.0225. The van der Waals surface area contributed by atoms with Gasteiger partial charge in [-0.15, -0.1) is 0 Å². The SMILES string of the molecule is O=C(Nc1ncc([C@H]2C[C@H](O)[C@@H](CO)O2)c(NC(=O)c2ccccc2)n1)c1ccccc1. The van der Waals surface area contributed by atoms with Crippen molar-refractivity contribution in [2.45, 2.75) is 24.7 Å². The molecule has 1 saturated heterocycles. The van der Waals surface area contributed by atoms with E-state index in [0.29, 0.717) is 16.7 Å². The zero-order valence-corrected chi connectivity index (χ0v) is 17.0. The minimum absolute atomic E-state index is 0.00298. The molecular formula is C23H22N4O5. The van der Waals surface area contributed by atoms with Crippen LogP contribution in [0.2, 0.25) is 0 Å². The quantitative estimate of drug-likeness (QED) is 0.467. The second-order valence-electron chi connectivity index (χ2n) is 7.29. The summed E-state index contributed by atoms with van der Waals surface area (Å²) in [6.45, 7) is -0.338. The molecule has 2 heterocycles. The van der Waals surface area contributed by atoms with Gasteiger partial charge in [0.25, 0.3) is 11.8 Å². The number of nitrogens with zero attached hydrogens (tertiary/aromatic N) is 2. The topological polar surface area (TPSA) is 134 Å². The van der Waals surface area contributed by atoms with Crippen molar-refractivity contribution in [3.8, 4) is 0 Å². The highest BCUT2D eigenvalue weighted by molar-refractivity contribution is 6.05. The molecule has 4 N–H and O–H groups in total. The molecule has 3 atom stereocenters. The van der Waals surface area contributed by atoms with E-state index in [0.717, 1.165) is 0 Å². The van der Waals surface area contributed by atoms with Gasteiger partial charge < -0.3 is 20.3 Å². The lowest BCUT2D eigenvalue weighted by Crippen LogP contribution is -2.24. The predicted molar refractivity (Wildman–Crippen MR) is 116 cm³/mol. The Hall–Kier alpha value is -3.66. The normalized spacial score (nSPS) is 20.0. The third-order valence-electron chi connectivity index (χ3n) is 5.10. The Morgan fingerprint density at radius 1 is 0.969 bits per heavy atom. The molecule has 9 heteroatoms. The molecule has 1 fully saturated rings. The van der Waals surface area contributed by atoms with E-state index in [1.165, 1.54) is 6.20 Å². The fourth-order valence-electron chi connectivity index (χ4n) is 3.41. The minimum Gasteiger partial charge on any atom is -0.394 e. The number of ether oxygens (including phenoxy) is 1. The molecule has 0 saturated carbocycles. The molecule has 0 aliphatic carbocycles. The van der Waals surface area contributed by atoms with Gasteiger partial charge in [0.2, 0.25) is 5.95 Å². The number of carbonyl (C=O) groups is 2. The van der Waals surface area contributed by atoms with Crippen LogP contribution in [0.15, 0.2) is 66.9 Å². The van der Waals surface area contributed by atoms with Crippen LogP contribution in [0.1, 0.15) is 38.8 Å². The first-order valence-corrected chi connectivity index (χ1v) is 10.1. The maximum Gasteiger partial charge on any atom is 0.258 e. The third kappa shape index (κ3) is 4.80. The van der Waals surface area contributed by atoms with E-state index in [2.05, 4.69) is 20.6 Å². The van der Waals surface area contributed by atoms with Gasteiger partial charge in [-0.05, 0) is 24.3 Å². The van der Waals surface area contributed by atoms with Crippen molar-refractivity contribution in [2.24, 2.45) is 0 Å². The van der Waals surface area contributed by atoms with E-state index in [-0.39, 0.29) is 24.8 Å². The second-order valence-corrected chi connectivity index (χ2v) is 7.29. The molecule has 0 unspecified atom stereocenters. The van der Waals surface area contributed by atoms with Crippen molar-refractivity contribution in [3.05, 3.63) is 83.6 Å². The molecule has 3 aromatic rings. The Kier molecular flexibility index (Phi) is 6.50. The molecule has 1 aromatic heterocycles. The van der Waals surface area contributed by atoms with Gasteiger partial charge in [0, 0.05) is 29.3 Å². The number of carbonyl (C=O) groups excluding carboxylic acids is 2. The van der Waals surface area contributed by atoms with Crippen LogP contribution in [0.25, 0.3) is 0 Å². The third-order valence-corrected chi connectivity index (χ3v) is 5.10. The molecule has 1 aliphatic rings. The first kappa shape index (κ1) is 21.6. The van der Waals surface area contributed by atoms with Crippen LogP contribution in [0.3, 0.4) is 0 Å². The van der Waals surface area contributed by atoms with Crippen LogP contribution in [-0.2, 0) is 4.74 Å². The van der Waals surface area contributed by atoms with Crippen molar-refractivity contribution in [3.63, 3.8) is 0 Å². The molecule has 2 aromatic carbocycles. The average molecular weight is 434 g/mol. The van der Waals surface area contributed by atoms with Gasteiger partial charge in [-0.2, -0.15) is 4.98 Å². The average Bonchev–Trinajstić information content (AvgIpc) is 3.20. The number of aromatic nitrogens is 2. The first-order chi connectivity index (χ1) is 15.5. The molecular weight excluding hydrogens is 412 g/mol. The zero-order valence-electron chi connectivity index (χ0n) is 17.0. The van der Waals surface area contributed by atoms with Crippen LogP contribution < -0.4 is 10.6 Å². The lowest BCUT2D eigenvalue weighted by Gasteiger charge is -2.17. The number of rotatable bonds is 6. The van der Waals surface area contributed by atoms with Crippen LogP contribution >= 0.6 is 0 Å². The summed E-state index contributed by atoms with van der Waals surface area (Å²) in [5.74, 6) is -0.647. The summed E-state index contributed by atoms with van der Waals surface area (Å²) < 4.78 is 5.71. The Bertz CT molecular complexity index is 1090. The number of amides is 2. The summed E-state index contributed by atoms with van der Waals surface area (Å²) in [7, 11) is 0. The maximum absolute atomic E-state index is 12.7. The van der Waals surface area contributed by atoms with Gasteiger partial charge in [-0.1, -0.05) is 36.4 Å². The Morgan fingerprint density at radius 2 is 1.56 bits per heavy atom. The van der Waals surface area contributed by atoms with Gasteiger partial charge in [0.15, 0.2) is 0 Å². The molecule has 2 amide bonds. The summed E-state index contributed by atoms with van der Waals surface area (Å²) in [5.41, 5.74) is 1.29. The number of nitrogens with one attached hydrogen (secondary N) is 2. The highest BCUT2D eigenvalue weighted by Crippen LogP contribution is 2.36. The van der Waals surface area contributed by atoms with E-state index in [9.17, 15) is 19.8 Å². The summed E-state index contributed by atoms with van der Waals surface area (Å²) in [6.07, 6.45) is -0.591. The molecule has 0 radical (unpaired) electrons. The molecule has 0 spiro atoms. The van der Waals surface area contributed by atoms with Gasteiger partial charge in [-0.3, -0.25) is 14.9 Å². The van der Waals surface area contributed by atoms with E-state index < -0.39 is 30.1 Å². The Morgan fingerprint density at radius 3 is 2.12 bits per heavy atom. The largest absolute Gasteiger partial charge is 0.394 e. The standard InChI is InChI=1S/C23H22N4O5/c28-13-19-17(29)11-18(32-19)16-12-24-23(27-22(31)15-9-5-2-6-10-15)26-20(16)25-21(30)14-7-3-1-4-8-14/h1-10,12,17-19,28-29H,11,13H2,(H2,24,25,26,27,30,31)/t17-,18+,19+/m0/s1. The van der Waals surface area contributed by atoms with Crippen LogP contribution in [0.5, 0.6) is 0 Å². The van der Waals surface area contributed by atoms with Gasteiger partial charge in [0.1, 0.15) is 11.9 Å². The number of aliphatic hydroxyl groups excluding tert-OH is 2. The molecule has 4 rings (SSSR count). The summed E-state index contributed by atoms with van der Waals surface area (Å²) >= 11 is 0. The van der Waals surface area contributed by atoms with E-state index in [1.54, 1.807) is 60.7 Å². The highest BCUT2D eigenvalue weighted by Gasteiger charge is 2.36. The fourth-order valence-corrected chi connectivity index (χ4v) is 3.41. The lowest BCUT2D eigenvalue weighted by atomic mass is 10.1. The first-order valence-electron chi connectivity index (χ1n) is 10.1. The van der Waals surface area contributed by atoms with Crippen LogP contribution in [0, 0.1) is 0 Å². The summed E-state index contributed by atoms with van der Waals surface area (Å²) in [6, 6.07) is 17.2. The minimum atomic E-state index is -0.861. The number of aliphatic hydroxyl groups is 2. The van der Waals surface area contributed by atoms with Crippen molar-refractivity contribution in [1.82, 2.24) is 9.97 Å². The molecule has 9 nitrogen and oxygen atoms in total. The summed E-state index contributed by atoms with van der Waals surface area (Å²) in [4.78, 5) is 33.7. The van der Waals surface area contributed by atoms with E-state index >= 15 is 0 Å². The summed E-state index contributed by atoms with van der Waals surface area (Å²) in [5, 5.41) is 24.8. The molecule has 1 aliphatic heterocycles. The van der Waals surface area contributed by atoms with Crippen LogP contribution in [-0.4, -0.2) is 50.8 Å². The maximum atomic E-state index is 12.7. The number of hydrogen-bond donors (Lipinski definition) is 4. The predicted octanol–water partition coefficient (Wildman–Crippen LogP) is 2.16. The molecule has 0 bridgehead atoms. The fraction of sp³-hybridized carbons (Fsp3) is 0.217. The van der Waals surface area contributed by atoms with E-state index in [4.69, 9.17) is 4.74 Å². The van der Waals surface area contributed by atoms with Crippen molar-refractivity contribution >= 4 is 23.6 Å². The highest BCUT2D eigenvalue weighted by atomic mass is 16.5. The second kappa shape index (κ2) is 9.65. The molecule has 164 valence electrons. The van der Waals surface area contributed by atoms with E-state index in [1.807, 2.05) is 0 Å². The number of benzene rings is 2. The zero-order chi connectivity index (χ0) is 22.5. The number of hydrogen-bond acceptors (Lipinski definition) is 7. The smallest absolute Gasteiger partial charge is 0.258 e. The monoisotopic (exact) mass is 434 g/mol. The number of anilines is 2.